The number of nitrogens with zero attached hydrogens (tertiary/aromatic N) is 2. The van der Waals surface area contributed by atoms with E-state index in [1.165, 1.54) is 5.56 Å². The van der Waals surface area contributed by atoms with Gasteiger partial charge in [-0.05, 0) is 46.8 Å². The highest BCUT2D eigenvalue weighted by Crippen LogP contribution is 2.32. The van der Waals surface area contributed by atoms with Crippen LogP contribution in [-0.2, 0) is 18.6 Å². The van der Waals surface area contributed by atoms with Crippen LogP contribution < -0.4 is 4.74 Å². The topological polar surface area (TPSA) is 27.1 Å². The second-order valence-electron chi connectivity index (χ2n) is 6.20. The van der Waals surface area contributed by atoms with Crippen LogP contribution >= 0.6 is 15.9 Å². The minimum Gasteiger partial charge on any atom is -0.487 e. The summed E-state index contributed by atoms with van der Waals surface area (Å²) in [5.74, 6) is 0.943. The smallest absolute Gasteiger partial charge is 0.131 e. The highest BCUT2D eigenvalue weighted by molar-refractivity contribution is 9.10. The van der Waals surface area contributed by atoms with Crippen molar-refractivity contribution in [3.8, 4) is 5.75 Å². The summed E-state index contributed by atoms with van der Waals surface area (Å²) >= 11 is 3.61. The average molecular weight is 351 g/mol. The highest BCUT2D eigenvalue weighted by atomic mass is 79.9. The summed E-state index contributed by atoms with van der Waals surface area (Å²) in [5, 5.41) is 4.50. The summed E-state index contributed by atoms with van der Waals surface area (Å²) in [6.45, 7) is 12.0. The molecule has 21 heavy (non-hydrogen) atoms. The average Bonchev–Trinajstić information content (AvgIpc) is 2.71. The molecule has 1 aromatic heterocycles. The van der Waals surface area contributed by atoms with Crippen LogP contribution in [0.15, 0.2) is 28.7 Å². The predicted octanol–water partition coefficient (Wildman–Crippen LogP) is 4.85. The van der Waals surface area contributed by atoms with Crippen LogP contribution in [0.3, 0.4) is 0 Å². The van der Waals surface area contributed by atoms with Crippen molar-refractivity contribution in [1.82, 2.24) is 9.78 Å². The lowest BCUT2D eigenvalue weighted by molar-refractivity contribution is 0.284. The van der Waals surface area contributed by atoms with Gasteiger partial charge in [-0.2, -0.15) is 5.10 Å². The Balaban J connectivity index is 2.26. The van der Waals surface area contributed by atoms with Gasteiger partial charge in [0.25, 0.3) is 0 Å². The van der Waals surface area contributed by atoms with Crippen LogP contribution in [0.5, 0.6) is 5.75 Å². The van der Waals surface area contributed by atoms with Crippen LogP contribution in [0.25, 0.3) is 0 Å². The highest BCUT2D eigenvalue weighted by Gasteiger charge is 2.19. The summed E-state index contributed by atoms with van der Waals surface area (Å²) in [7, 11) is 0. The zero-order chi connectivity index (χ0) is 15.6. The van der Waals surface area contributed by atoms with Crippen molar-refractivity contribution in [3.63, 3.8) is 0 Å². The Bertz CT molecular complexity index is 626. The van der Waals surface area contributed by atoms with Gasteiger partial charge in [0.2, 0.25) is 0 Å². The zero-order valence-corrected chi connectivity index (χ0v) is 15.0. The largest absolute Gasteiger partial charge is 0.487 e. The predicted molar refractivity (Wildman–Crippen MR) is 89.8 cm³/mol. The van der Waals surface area contributed by atoms with E-state index in [0.29, 0.717) is 6.61 Å². The van der Waals surface area contributed by atoms with Gasteiger partial charge in [-0.1, -0.05) is 39.0 Å². The Hall–Kier alpha value is -1.29. The third-order valence-electron chi connectivity index (χ3n) is 3.51. The number of aryl methyl sites for hydroxylation is 2. The third-order valence-corrected chi connectivity index (χ3v) is 4.54. The van der Waals surface area contributed by atoms with E-state index < -0.39 is 0 Å². The molecule has 0 radical (unpaired) electrons. The van der Waals surface area contributed by atoms with Gasteiger partial charge in [0.15, 0.2) is 0 Å². The summed E-state index contributed by atoms with van der Waals surface area (Å²) in [5.41, 5.74) is 3.37. The van der Waals surface area contributed by atoms with E-state index in [1.807, 2.05) is 23.7 Å². The van der Waals surface area contributed by atoms with E-state index in [0.717, 1.165) is 28.2 Å². The standard InChI is InChI=1S/C17H23BrN2O/c1-6-20-14(16(18)12(2)19-20)11-21-15-10-8-7-9-13(15)17(3,4)5/h7-10H,6,11H2,1-5H3. The van der Waals surface area contributed by atoms with Crippen molar-refractivity contribution in [1.29, 1.82) is 0 Å². The number of halogens is 1. The molecule has 0 saturated heterocycles. The second kappa shape index (κ2) is 6.22. The molecule has 0 spiro atoms. The minimum absolute atomic E-state index is 0.0642. The number of benzene rings is 1. The molecule has 3 nitrogen and oxygen atoms in total. The van der Waals surface area contributed by atoms with Gasteiger partial charge in [-0.15, -0.1) is 0 Å². The molecule has 4 heteroatoms. The van der Waals surface area contributed by atoms with Gasteiger partial charge in [-0.25, -0.2) is 0 Å². The summed E-state index contributed by atoms with van der Waals surface area (Å²) in [6, 6.07) is 8.24. The first-order chi connectivity index (χ1) is 9.84. The summed E-state index contributed by atoms with van der Waals surface area (Å²) in [6.07, 6.45) is 0. The van der Waals surface area contributed by atoms with Crippen LogP contribution in [0, 0.1) is 6.92 Å². The summed E-state index contributed by atoms with van der Waals surface area (Å²) in [4.78, 5) is 0. The number of rotatable bonds is 4. The Morgan fingerprint density at radius 1 is 1.24 bits per heavy atom. The lowest BCUT2D eigenvalue weighted by Crippen LogP contribution is -2.14. The normalized spacial score (nSPS) is 11.7. The van der Waals surface area contributed by atoms with Crippen molar-refractivity contribution < 1.29 is 4.74 Å². The molecule has 0 unspecified atom stereocenters. The van der Waals surface area contributed by atoms with Crippen molar-refractivity contribution in [3.05, 3.63) is 45.7 Å². The van der Waals surface area contributed by atoms with E-state index in [9.17, 15) is 0 Å². The third kappa shape index (κ3) is 3.49. The molecule has 0 saturated carbocycles. The maximum atomic E-state index is 6.10. The molecule has 114 valence electrons. The molecular formula is C17H23BrN2O. The fourth-order valence-electron chi connectivity index (χ4n) is 2.37. The molecule has 0 aliphatic carbocycles. The molecule has 0 fully saturated rings. The van der Waals surface area contributed by atoms with Crippen molar-refractivity contribution in [2.45, 2.75) is 53.2 Å². The maximum absolute atomic E-state index is 6.10. The molecule has 0 aliphatic rings. The van der Waals surface area contributed by atoms with Crippen LogP contribution in [0.4, 0.5) is 0 Å². The Morgan fingerprint density at radius 2 is 1.90 bits per heavy atom. The fraction of sp³-hybridized carbons (Fsp3) is 0.471. The van der Waals surface area contributed by atoms with Gasteiger partial charge < -0.3 is 4.74 Å². The SMILES string of the molecule is CCn1nc(C)c(Br)c1COc1ccccc1C(C)(C)C. The van der Waals surface area contributed by atoms with Gasteiger partial charge in [-0.3, -0.25) is 4.68 Å². The van der Waals surface area contributed by atoms with E-state index in [-0.39, 0.29) is 5.41 Å². The van der Waals surface area contributed by atoms with Gasteiger partial charge in [0.05, 0.1) is 15.9 Å². The second-order valence-corrected chi connectivity index (χ2v) is 6.99. The van der Waals surface area contributed by atoms with E-state index in [4.69, 9.17) is 4.74 Å². The lowest BCUT2D eigenvalue weighted by Gasteiger charge is -2.22. The molecule has 2 rings (SSSR count). The van der Waals surface area contributed by atoms with Crippen LogP contribution in [0.1, 0.15) is 44.6 Å². The quantitative estimate of drug-likeness (QED) is 0.787. The van der Waals surface area contributed by atoms with E-state index in [1.54, 1.807) is 0 Å². The molecule has 0 aliphatic heterocycles. The van der Waals surface area contributed by atoms with Crippen molar-refractivity contribution >= 4 is 15.9 Å². The molecule has 0 atom stereocenters. The first kappa shape index (κ1) is 16.1. The van der Waals surface area contributed by atoms with E-state index >= 15 is 0 Å². The van der Waals surface area contributed by atoms with Crippen LogP contribution in [-0.4, -0.2) is 9.78 Å². The van der Waals surface area contributed by atoms with Crippen LogP contribution in [0.2, 0.25) is 0 Å². The van der Waals surface area contributed by atoms with Gasteiger partial charge in [0, 0.05) is 6.54 Å². The molecule has 2 aromatic rings. The molecule has 1 aromatic carbocycles. The number of hydrogen-bond acceptors (Lipinski definition) is 2. The Morgan fingerprint density at radius 3 is 2.52 bits per heavy atom. The first-order valence-electron chi connectivity index (χ1n) is 7.28. The molecular weight excluding hydrogens is 328 g/mol. The van der Waals surface area contributed by atoms with Gasteiger partial charge >= 0.3 is 0 Å². The number of ether oxygens (including phenoxy) is 1. The van der Waals surface area contributed by atoms with E-state index in [2.05, 4.69) is 60.9 Å². The molecule has 0 amide bonds. The molecule has 1 heterocycles. The van der Waals surface area contributed by atoms with Crippen molar-refractivity contribution in [2.24, 2.45) is 0 Å². The Kier molecular flexibility index (Phi) is 4.77. The molecule has 0 bridgehead atoms. The Labute approximate surface area is 135 Å². The lowest BCUT2D eigenvalue weighted by atomic mass is 9.86. The minimum atomic E-state index is 0.0642. The van der Waals surface area contributed by atoms with Gasteiger partial charge in [0.1, 0.15) is 12.4 Å². The monoisotopic (exact) mass is 350 g/mol. The molecule has 0 N–H and O–H groups in total. The zero-order valence-electron chi connectivity index (χ0n) is 13.4. The fourth-order valence-corrected chi connectivity index (χ4v) is 2.76. The number of para-hydroxylation sites is 1. The maximum Gasteiger partial charge on any atom is 0.131 e. The number of aromatic nitrogens is 2. The first-order valence-corrected chi connectivity index (χ1v) is 8.08. The number of hydrogen-bond donors (Lipinski definition) is 0. The van der Waals surface area contributed by atoms with Crippen molar-refractivity contribution in [2.75, 3.05) is 0 Å². The summed E-state index contributed by atoms with van der Waals surface area (Å²) < 4.78 is 9.12.